The number of hydrogen-bond donors (Lipinski definition) is 0. The Kier molecular flexibility index (Phi) is 7.73. The molecule has 0 amide bonds. The molecule has 1 heterocycles. The quantitative estimate of drug-likeness (QED) is 0.469. The number of thiophene rings is 1. The molecule has 0 atom stereocenters. The first kappa shape index (κ1) is 15.8. The Hall–Kier alpha value is -0.235. The second-order valence-electron chi connectivity index (χ2n) is 5.96. The summed E-state index contributed by atoms with van der Waals surface area (Å²) in [7, 11) is 0. The van der Waals surface area contributed by atoms with Crippen LogP contribution in [0.4, 0.5) is 0 Å². The predicted molar refractivity (Wildman–Crippen MR) is 88.9 cm³/mol. The minimum absolute atomic E-state index is 0.259. The lowest BCUT2D eigenvalue weighted by Crippen LogP contribution is -2.46. The van der Waals surface area contributed by atoms with E-state index in [1.807, 2.05) is 11.3 Å². The maximum absolute atomic E-state index is 2.43. The minimum Gasteiger partial charge on any atom is -0.199 e. The lowest BCUT2D eigenvalue weighted by atomic mass is 9.16. The van der Waals surface area contributed by atoms with Crippen LogP contribution in [0.1, 0.15) is 59.3 Å². The lowest BCUT2D eigenvalue weighted by Gasteiger charge is -2.40. The monoisotopic (exact) mass is 265 g/mol. The van der Waals surface area contributed by atoms with E-state index >= 15 is 0 Å². The Morgan fingerprint density at radius 2 is 1.39 bits per heavy atom. The van der Waals surface area contributed by atoms with Gasteiger partial charge in [-0.1, -0.05) is 65.4 Å². The van der Waals surface area contributed by atoms with Crippen LogP contribution in [0, 0.1) is 0 Å². The average molecular weight is 265 g/mol. The van der Waals surface area contributed by atoms with Gasteiger partial charge in [0.2, 0.25) is 0 Å². The molecule has 2 heteroatoms. The normalized spacial score (nSPS) is 11.9. The molecule has 0 N–H and O–H groups in total. The maximum atomic E-state index is 2.43. The van der Waals surface area contributed by atoms with Gasteiger partial charge in [0.25, 0.3) is 0 Å². The Labute approximate surface area is 118 Å². The van der Waals surface area contributed by atoms with Crippen molar-refractivity contribution in [2.75, 3.05) is 0 Å². The second kappa shape index (κ2) is 8.80. The van der Waals surface area contributed by atoms with Gasteiger partial charge in [-0.05, 0) is 10.8 Å². The molecule has 0 aromatic carbocycles. The van der Waals surface area contributed by atoms with Crippen LogP contribution in [0.25, 0.3) is 0 Å². The van der Waals surface area contributed by atoms with E-state index in [2.05, 4.69) is 37.6 Å². The summed E-state index contributed by atoms with van der Waals surface area (Å²) in [6.45, 7) is 6.98. The molecular weight excluding hydrogens is 235 g/mol. The maximum Gasteiger partial charge on any atom is 0.0289 e. The van der Waals surface area contributed by atoms with Gasteiger partial charge in [-0.2, -0.15) is 35.8 Å². The smallest absolute Gasteiger partial charge is 0.0289 e. The fourth-order valence-electron chi connectivity index (χ4n) is 3.34. The van der Waals surface area contributed by atoms with Gasteiger partial charge >= 0.3 is 0 Å². The van der Waals surface area contributed by atoms with Gasteiger partial charge in [0.1, 0.15) is 0 Å². The molecule has 0 bridgehead atoms. The molecule has 1 aromatic rings. The highest BCUT2D eigenvalue weighted by Gasteiger charge is 2.24. The topological polar surface area (TPSA) is 0 Å². The van der Waals surface area contributed by atoms with Gasteiger partial charge < -0.3 is 0 Å². The molecule has 0 fully saturated rings. The van der Waals surface area contributed by atoms with Gasteiger partial charge in [0.05, 0.1) is 0 Å². The van der Waals surface area contributed by atoms with Crippen molar-refractivity contribution in [1.29, 1.82) is 0 Å². The summed E-state index contributed by atoms with van der Waals surface area (Å²) in [6.07, 6.45) is 12.3. The van der Waals surface area contributed by atoms with Crippen molar-refractivity contribution in [2.24, 2.45) is 0 Å². The third-order valence-corrected chi connectivity index (χ3v) is 5.28. The third kappa shape index (κ3) is 4.46. The van der Waals surface area contributed by atoms with Crippen LogP contribution in [-0.4, -0.2) is 6.15 Å². The Bertz CT molecular complexity index is 270. The van der Waals surface area contributed by atoms with Gasteiger partial charge in [0.15, 0.2) is 0 Å². The summed E-state index contributed by atoms with van der Waals surface area (Å²) in [5, 5.41) is 4.71. The van der Waals surface area contributed by atoms with Crippen molar-refractivity contribution in [3.05, 3.63) is 16.8 Å². The number of rotatable bonds is 10. The largest absolute Gasteiger partial charge is 0.199 e. The van der Waals surface area contributed by atoms with E-state index in [1.165, 1.54) is 57.5 Å². The molecule has 0 aliphatic heterocycles. The molecule has 0 saturated carbocycles. The molecule has 18 heavy (non-hydrogen) atoms. The van der Waals surface area contributed by atoms with Crippen LogP contribution in [0.3, 0.4) is 0 Å². The van der Waals surface area contributed by atoms with Crippen LogP contribution in [0.5, 0.6) is 0 Å². The van der Waals surface area contributed by atoms with E-state index in [1.54, 1.807) is 5.46 Å². The molecule has 0 unspecified atom stereocenters. The summed E-state index contributed by atoms with van der Waals surface area (Å²) >= 11 is 1.88. The van der Waals surface area contributed by atoms with Crippen molar-refractivity contribution in [3.63, 3.8) is 0 Å². The molecule has 0 radical (unpaired) electrons. The van der Waals surface area contributed by atoms with Gasteiger partial charge in [-0.15, -0.1) is 0 Å². The molecule has 0 spiro atoms. The average Bonchev–Trinajstić information content (AvgIpc) is 2.93. The predicted octanol–water partition coefficient (Wildman–Crippen LogP) is 5.80. The van der Waals surface area contributed by atoms with Crippen LogP contribution < -0.4 is 5.46 Å². The first-order valence-corrected chi connectivity index (χ1v) is 8.96. The lowest BCUT2D eigenvalue weighted by molar-refractivity contribution is 0.801. The van der Waals surface area contributed by atoms with E-state index in [4.69, 9.17) is 0 Å². The standard InChI is InChI=1S/C16H30BS/c1-4-7-11-17(12-8-5-2,13-9-6-3)16-10-14-18-15-16/h10,14-15H,4-9,11-13H2,1-3H3/q-1. The summed E-state index contributed by atoms with van der Waals surface area (Å²) in [5.41, 5.74) is 1.69. The van der Waals surface area contributed by atoms with Crippen LogP contribution in [-0.2, 0) is 0 Å². The van der Waals surface area contributed by atoms with E-state index in [0.29, 0.717) is 0 Å². The highest BCUT2D eigenvalue weighted by molar-refractivity contribution is 7.10. The van der Waals surface area contributed by atoms with E-state index in [9.17, 15) is 0 Å². The summed E-state index contributed by atoms with van der Waals surface area (Å²) in [6, 6.07) is 2.41. The van der Waals surface area contributed by atoms with Crippen LogP contribution in [0.2, 0.25) is 19.0 Å². The zero-order valence-electron chi connectivity index (χ0n) is 12.6. The second-order valence-corrected chi connectivity index (χ2v) is 6.74. The highest BCUT2D eigenvalue weighted by Crippen LogP contribution is 2.28. The fourth-order valence-corrected chi connectivity index (χ4v) is 4.18. The molecule has 0 nitrogen and oxygen atoms in total. The minimum atomic E-state index is -0.259. The third-order valence-electron chi connectivity index (χ3n) is 4.58. The SMILES string of the molecule is CCCC[B-](CCCC)(CCCC)c1ccsc1. The molecule has 0 aliphatic carbocycles. The van der Waals surface area contributed by atoms with Crippen LogP contribution >= 0.6 is 11.3 Å². The van der Waals surface area contributed by atoms with Crippen LogP contribution in [0.15, 0.2) is 16.8 Å². The van der Waals surface area contributed by atoms with E-state index in [0.717, 1.165) is 0 Å². The van der Waals surface area contributed by atoms with Gasteiger partial charge in [-0.25, -0.2) is 0 Å². The first-order valence-electron chi connectivity index (χ1n) is 8.02. The molecule has 1 rings (SSSR count). The Balaban J connectivity index is 2.84. The number of hydrogen-bond acceptors (Lipinski definition) is 1. The Morgan fingerprint density at radius 3 is 1.72 bits per heavy atom. The molecular formula is C16H30BS-. The fraction of sp³-hybridized carbons (Fsp3) is 0.750. The van der Waals surface area contributed by atoms with Gasteiger partial charge in [-0.3, -0.25) is 0 Å². The summed E-state index contributed by atoms with van der Waals surface area (Å²) in [5.74, 6) is 0. The summed E-state index contributed by atoms with van der Waals surface area (Å²) < 4.78 is 0. The van der Waals surface area contributed by atoms with Crippen molar-refractivity contribution >= 4 is 22.9 Å². The van der Waals surface area contributed by atoms with E-state index in [-0.39, 0.29) is 6.15 Å². The molecule has 0 saturated heterocycles. The van der Waals surface area contributed by atoms with Crippen molar-refractivity contribution in [2.45, 2.75) is 78.3 Å². The molecule has 0 aliphatic rings. The Morgan fingerprint density at radius 1 is 0.889 bits per heavy atom. The zero-order valence-corrected chi connectivity index (χ0v) is 13.4. The molecule has 104 valence electrons. The summed E-state index contributed by atoms with van der Waals surface area (Å²) in [4.78, 5) is 0. The van der Waals surface area contributed by atoms with E-state index < -0.39 is 0 Å². The molecule has 1 aromatic heterocycles. The number of unbranched alkanes of at least 4 members (excludes halogenated alkanes) is 3. The zero-order chi connectivity index (χ0) is 13.3. The van der Waals surface area contributed by atoms with Crippen molar-refractivity contribution in [3.8, 4) is 0 Å². The van der Waals surface area contributed by atoms with Crippen molar-refractivity contribution in [1.82, 2.24) is 0 Å². The first-order chi connectivity index (χ1) is 8.79. The van der Waals surface area contributed by atoms with Crippen molar-refractivity contribution < 1.29 is 0 Å². The highest BCUT2D eigenvalue weighted by atomic mass is 32.1. The van der Waals surface area contributed by atoms with Gasteiger partial charge in [0, 0.05) is 6.15 Å².